The van der Waals surface area contributed by atoms with Gasteiger partial charge in [0.1, 0.15) is 0 Å². The molecule has 174 valence electrons. The van der Waals surface area contributed by atoms with Crippen molar-refractivity contribution in [3.63, 3.8) is 0 Å². The van der Waals surface area contributed by atoms with Crippen LogP contribution in [0.1, 0.15) is 38.5 Å². The van der Waals surface area contributed by atoms with E-state index in [0.29, 0.717) is 6.54 Å². The van der Waals surface area contributed by atoms with E-state index in [2.05, 4.69) is 19.6 Å². The molecular weight excluding hydrogens is 441 g/mol. The summed E-state index contributed by atoms with van der Waals surface area (Å²) in [4.78, 5) is 19.7. The number of rotatable bonds is 5. The number of carboxylic acid groups (broad SMARTS) is 1. The minimum absolute atomic E-state index is 0.0380. The number of anilines is 1. The van der Waals surface area contributed by atoms with Crippen molar-refractivity contribution in [2.45, 2.75) is 61.7 Å². The second kappa shape index (κ2) is 9.25. The minimum atomic E-state index is -5.08. The first-order valence-corrected chi connectivity index (χ1v) is 11.5. The lowest BCUT2D eigenvalue weighted by Crippen LogP contribution is -2.47. The maximum Gasteiger partial charge on any atom is 0.490 e. The van der Waals surface area contributed by atoms with Crippen molar-refractivity contribution in [2.24, 2.45) is 0 Å². The van der Waals surface area contributed by atoms with E-state index in [9.17, 15) is 21.6 Å². The Morgan fingerprint density at radius 3 is 2.48 bits per heavy atom. The maximum atomic E-state index is 12.0. The van der Waals surface area contributed by atoms with Crippen LogP contribution in [0.15, 0.2) is 18.5 Å². The van der Waals surface area contributed by atoms with Gasteiger partial charge in [-0.1, -0.05) is 0 Å². The normalized spacial score (nSPS) is 26.4. The molecule has 0 unspecified atom stereocenters. The van der Waals surface area contributed by atoms with Gasteiger partial charge in [-0.25, -0.2) is 27.9 Å². The molecule has 1 spiro atoms. The lowest BCUT2D eigenvalue weighted by molar-refractivity contribution is -0.192. The van der Waals surface area contributed by atoms with Gasteiger partial charge in [0.2, 0.25) is 16.0 Å². The number of alkyl halides is 3. The summed E-state index contributed by atoms with van der Waals surface area (Å²) in [6.45, 7) is 2.05. The highest BCUT2D eigenvalue weighted by molar-refractivity contribution is 7.90. The number of hydrogen-bond donors (Lipinski definition) is 2. The zero-order chi connectivity index (χ0) is 22.7. The average molecular weight is 466 g/mol. The molecule has 1 aromatic heterocycles. The number of halogens is 3. The smallest absolute Gasteiger partial charge is 0.475 e. The molecule has 9 nitrogen and oxygen atoms in total. The highest BCUT2D eigenvalue weighted by Crippen LogP contribution is 2.37. The molecule has 0 aromatic carbocycles. The SMILES string of the molecule is O=C(O)C(F)(F)F.O=S(=O)(NC[C@H]1CCC[C@]2(CCN(c3ncccn3)C2)O1)C1CC1. The Morgan fingerprint density at radius 1 is 1.26 bits per heavy atom. The van der Waals surface area contributed by atoms with Gasteiger partial charge in [-0.05, 0) is 44.6 Å². The number of nitrogens with one attached hydrogen (secondary N) is 1. The van der Waals surface area contributed by atoms with Gasteiger partial charge in [0.25, 0.3) is 0 Å². The van der Waals surface area contributed by atoms with Gasteiger partial charge < -0.3 is 14.7 Å². The van der Waals surface area contributed by atoms with Gasteiger partial charge in [-0.3, -0.25) is 0 Å². The van der Waals surface area contributed by atoms with Crippen LogP contribution in [0.5, 0.6) is 0 Å². The molecule has 3 heterocycles. The fourth-order valence-electron chi connectivity index (χ4n) is 3.74. The quantitative estimate of drug-likeness (QED) is 0.673. The van der Waals surface area contributed by atoms with Crippen molar-refractivity contribution in [3.05, 3.63) is 18.5 Å². The highest BCUT2D eigenvalue weighted by Gasteiger charge is 2.44. The van der Waals surface area contributed by atoms with Gasteiger partial charge in [0.15, 0.2) is 0 Å². The van der Waals surface area contributed by atoms with Crippen molar-refractivity contribution in [2.75, 3.05) is 24.5 Å². The molecule has 0 bridgehead atoms. The Bertz CT molecular complexity index is 867. The van der Waals surface area contributed by atoms with Crippen molar-refractivity contribution < 1.29 is 36.2 Å². The molecule has 4 rings (SSSR count). The zero-order valence-corrected chi connectivity index (χ0v) is 17.5. The molecule has 3 fully saturated rings. The third-order valence-corrected chi connectivity index (χ3v) is 7.36. The van der Waals surface area contributed by atoms with E-state index in [-0.39, 0.29) is 17.0 Å². The van der Waals surface area contributed by atoms with E-state index in [4.69, 9.17) is 14.6 Å². The molecule has 0 radical (unpaired) electrons. The Balaban J connectivity index is 0.000000339. The summed E-state index contributed by atoms with van der Waals surface area (Å²) in [6.07, 6.45) is 3.90. The summed E-state index contributed by atoms with van der Waals surface area (Å²) in [6, 6.07) is 1.81. The number of carboxylic acids is 1. The van der Waals surface area contributed by atoms with Crippen molar-refractivity contribution in [1.82, 2.24) is 14.7 Å². The fourth-order valence-corrected chi connectivity index (χ4v) is 5.15. The number of hydrogen-bond acceptors (Lipinski definition) is 7. The molecule has 2 saturated heterocycles. The molecule has 0 amide bonds. The molecule has 1 aromatic rings. The summed E-state index contributed by atoms with van der Waals surface area (Å²) >= 11 is 0. The van der Waals surface area contributed by atoms with Crippen LogP contribution < -0.4 is 9.62 Å². The molecule has 31 heavy (non-hydrogen) atoms. The third-order valence-electron chi connectivity index (χ3n) is 5.44. The first-order valence-electron chi connectivity index (χ1n) is 9.99. The van der Waals surface area contributed by atoms with Crippen LogP contribution >= 0.6 is 0 Å². The lowest BCUT2D eigenvalue weighted by atomic mass is 9.90. The predicted molar refractivity (Wildman–Crippen MR) is 104 cm³/mol. The fraction of sp³-hybridized carbons (Fsp3) is 0.722. The topological polar surface area (TPSA) is 122 Å². The summed E-state index contributed by atoms with van der Waals surface area (Å²) in [7, 11) is -3.14. The lowest BCUT2D eigenvalue weighted by Gasteiger charge is -2.38. The molecule has 1 aliphatic carbocycles. The number of sulfonamides is 1. The Kier molecular flexibility index (Phi) is 7.06. The standard InChI is InChI=1S/C16H24N4O3S.C2HF3O2/c21-24(22,14-4-5-14)19-11-13-3-1-6-16(23-13)7-10-20(12-16)15-17-8-2-9-18-15;3-2(4,5)1(6)7/h2,8-9,13-14,19H,1,3-7,10-12H2;(H,6,7)/t13-,16-;/m1./s1. The molecule has 2 N–H and O–H groups in total. The second-order valence-electron chi connectivity index (χ2n) is 7.93. The molecule has 2 aliphatic heterocycles. The Morgan fingerprint density at radius 2 is 1.90 bits per heavy atom. The van der Waals surface area contributed by atoms with Gasteiger partial charge in [0, 0.05) is 32.0 Å². The Labute approximate surface area is 178 Å². The summed E-state index contributed by atoms with van der Waals surface area (Å²) in [5.74, 6) is -2.01. The van der Waals surface area contributed by atoms with Crippen LogP contribution in [0, 0.1) is 0 Å². The minimum Gasteiger partial charge on any atom is -0.475 e. The van der Waals surface area contributed by atoms with Crippen LogP contribution in [0.3, 0.4) is 0 Å². The first-order chi connectivity index (χ1) is 14.5. The van der Waals surface area contributed by atoms with E-state index in [1.807, 2.05) is 6.07 Å². The van der Waals surface area contributed by atoms with E-state index >= 15 is 0 Å². The number of ether oxygens (including phenoxy) is 1. The predicted octanol–water partition coefficient (Wildman–Crippen LogP) is 1.71. The van der Waals surface area contributed by atoms with E-state index in [1.54, 1.807) is 12.4 Å². The van der Waals surface area contributed by atoms with Crippen LogP contribution in [0.25, 0.3) is 0 Å². The number of aliphatic carboxylic acids is 1. The molecular formula is C18H25F3N4O5S. The number of nitrogens with zero attached hydrogens (tertiary/aromatic N) is 3. The molecule has 13 heteroatoms. The first kappa shape index (κ1) is 23.7. The molecule has 1 saturated carbocycles. The van der Waals surface area contributed by atoms with E-state index < -0.39 is 22.2 Å². The summed E-state index contributed by atoms with van der Waals surface area (Å²) in [5.41, 5.74) is -0.187. The van der Waals surface area contributed by atoms with Gasteiger partial charge in [0.05, 0.1) is 17.0 Å². The second-order valence-corrected chi connectivity index (χ2v) is 9.98. The van der Waals surface area contributed by atoms with Gasteiger partial charge in [-0.2, -0.15) is 13.2 Å². The third kappa shape index (κ3) is 6.50. The van der Waals surface area contributed by atoms with Crippen molar-refractivity contribution in [3.8, 4) is 0 Å². The van der Waals surface area contributed by atoms with Crippen LogP contribution in [-0.2, 0) is 19.6 Å². The van der Waals surface area contributed by atoms with E-state index in [1.165, 1.54) is 0 Å². The van der Waals surface area contributed by atoms with E-state index in [0.717, 1.165) is 57.6 Å². The molecule has 2 atom stereocenters. The van der Waals surface area contributed by atoms with Crippen LogP contribution in [0.2, 0.25) is 0 Å². The van der Waals surface area contributed by atoms with Crippen molar-refractivity contribution >= 4 is 21.9 Å². The van der Waals surface area contributed by atoms with Gasteiger partial charge >= 0.3 is 12.1 Å². The van der Waals surface area contributed by atoms with Crippen LogP contribution in [0.4, 0.5) is 19.1 Å². The highest BCUT2D eigenvalue weighted by atomic mass is 32.2. The zero-order valence-electron chi connectivity index (χ0n) is 16.7. The monoisotopic (exact) mass is 466 g/mol. The molecule has 3 aliphatic rings. The summed E-state index contributed by atoms with van der Waals surface area (Å²) < 4.78 is 64.8. The number of aromatic nitrogens is 2. The largest absolute Gasteiger partial charge is 0.490 e. The maximum absolute atomic E-state index is 12.0. The average Bonchev–Trinajstić information content (AvgIpc) is 3.51. The van der Waals surface area contributed by atoms with Gasteiger partial charge in [-0.15, -0.1) is 0 Å². The summed E-state index contributed by atoms with van der Waals surface area (Å²) in [5, 5.41) is 6.95. The van der Waals surface area contributed by atoms with Crippen molar-refractivity contribution in [1.29, 1.82) is 0 Å². The number of carbonyl (C=O) groups is 1. The van der Waals surface area contributed by atoms with Crippen LogP contribution in [-0.4, -0.2) is 72.2 Å². The Hall–Kier alpha value is -1.99.